The van der Waals surface area contributed by atoms with Crippen LogP contribution in [0, 0.1) is 0 Å². The van der Waals surface area contributed by atoms with E-state index in [2.05, 4.69) is 22.5 Å². The summed E-state index contributed by atoms with van der Waals surface area (Å²) in [7, 11) is 1.50. The third-order valence-corrected chi connectivity index (χ3v) is 3.32. The Balaban J connectivity index is 2.39. The Hall–Kier alpha value is -1.10. The van der Waals surface area contributed by atoms with Crippen molar-refractivity contribution in [2.75, 3.05) is 20.1 Å². The van der Waals surface area contributed by atoms with Gasteiger partial charge in [0.25, 0.3) is 0 Å². The van der Waals surface area contributed by atoms with Crippen LogP contribution < -0.4 is 10.6 Å². The van der Waals surface area contributed by atoms with Gasteiger partial charge in [0.2, 0.25) is 5.91 Å². The van der Waals surface area contributed by atoms with Crippen molar-refractivity contribution in [1.29, 1.82) is 0 Å². The van der Waals surface area contributed by atoms with E-state index < -0.39 is 6.03 Å². The fourth-order valence-electron chi connectivity index (χ4n) is 2.36. The van der Waals surface area contributed by atoms with Crippen molar-refractivity contribution < 1.29 is 9.59 Å². The molecule has 0 spiro atoms. The molecule has 0 aromatic rings. The van der Waals surface area contributed by atoms with E-state index in [4.69, 9.17) is 0 Å². The summed E-state index contributed by atoms with van der Waals surface area (Å²) >= 11 is 0. The molecule has 0 saturated heterocycles. The van der Waals surface area contributed by atoms with Crippen LogP contribution in [0.1, 0.15) is 39.0 Å². The van der Waals surface area contributed by atoms with Gasteiger partial charge in [0.05, 0.1) is 6.54 Å². The first-order valence-electron chi connectivity index (χ1n) is 6.43. The van der Waals surface area contributed by atoms with Gasteiger partial charge in [-0.05, 0) is 19.4 Å². The number of carbonyl (C=O) groups is 2. The number of nitrogens with zero attached hydrogens (tertiary/aromatic N) is 1. The summed E-state index contributed by atoms with van der Waals surface area (Å²) in [6.07, 6.45) is 6.14. The summed E-state index contributed by atoms with van der Waals surface area (Å²) in [5.74, 6) is -0.225. The number of hydrogen-bond donors (Lipinski definition) is 2. The monoisotopic (exact) mass is 241 g/mol. The molecule has 1 aliphatic rings. The van der Waals surface area contributed by atoms with Crippen LogP contribution in [0.15, 0.2) is 0 Å². The van der Waals surface area contributed by atoms with E-state index in [0.29, 0.717) is 12.6 Å². The highest BCUT2D eigenvalue weighted by molar-refractivity contribution is 5.95. The molecule has 0 atom stereocenters. The van der Waals surface area contributed by atoms with E-state index in [1.165, 1.54) is 39.2 Å². The Bertz CT molecular complexity index is 262. The van der Waals surface area contributed by atoms with Crippen LogP contribution in [0.2, 0.25) is 0 Å². The molecule has 1 fully saturated rings. The molecule has 1 saturated carbocycles. The van der Waals surface area contributed by atoms with Gasteiger partial charge in [0.15, 0.2) is 0 Å². The molecule has 3 amide bonds. The predicted octanol–water partition coefficient (Wildman–Crippen LogP) is 1.10. The summed E-state index contributed by atoms with van der Waals surface area (Å²) in [5, 5.41) is 4.68. The number of hydrogen-bond acceptors (Lipinski definition) is 3. The summed E-state index contributed by atoms with van der Waals surface area (Å²) < 4.78 is 0. The van der Waals surface area contributed by atoms with Crippen molar-refractivity contribution in [2.24, 2.45) is 0 Å². The molecule has 17 heavy (non-hydrogen) atoms. The molecule has 0 unspecified atom stereocenters. The lowest BCUT2D eigenvalue weighted by Crippen LogP contribution is -2.46. The zero-order chi connectivity index (χ0) is 12.7. The highest BCUT2D eigenvalue weighted by atomic mass is 16.2. The first kappa shape index (κ1) is 14.0. The molecular formula is C12H23N3O2. The van der Waals surface area contributed by atoms with E-state index in [0.717, 1.165) is 6.54 Å². The van der Waals surface area contributed by atoms with Crippen LogP contribution in [0.25, 0.3) is 0 Å². The lowest BCUT2D eigenvalue weighted by molar-refractivity contribution is -0.121. The summed E-state index contributed by atoms with van der Waals surface area (Å²) in [5.41, 5.74) is 0. The molecule has 1 aliphatic carbocycles. The van der Waals surface area contributed by atoms with Gasteiger partial charge in [-0.1, -0.05) is 26.2 Å². The Labute approximate surface area is 103 Å². The van der Waals surface area contributed by atoms with Crippen molar-refractivity contribution >= 4 is 11.9 Å². The van der Waals surface area contributed by atoms with E-state index in [1.54, 1.807) is 0 Å². The van der Waals surface area contributed by atoms with E-state index in [1.807, 2.05) is 0 Å². The topological polar surface area (TPSA) is 61.4 Å². The lowest BCUT2D eigenvalue weighted by Gasteiger charge is -2.32. The second-order valence-corrected chi connectivity index (χ2v) is 4.48. The van der Waals surface area contributed by atoms with Crippen LogP contribution in [-0.2, 0) is 4.79 Å². The smallest absolute Gasteiger partial charge is 0.321 e. The van der Waals surface area contributed by atoms with Gasteiger partial charge in [0, 0.05) is 13.1 Å². The molecule has 1 rings (SSSR count). The Morgan fingerprint density at radius 3 is 2.41 bits per heavy atom. The minimum Gasteiger partial charge on any atom is -0.341 e. The maximum atomic E-state index is 11.6. The summed E-state index contributed by atoms with van der Waals surface area (Å²) in [6.45, 7) is 3.22. The fourth-order valence-corrected chi connectivity index (χ4v) is 2.36. The third-order valence-electron chi connectivity index (χ3n) is 3.32. The molecule has 0 aliphatic heterocycles. The normalized spacial score (nSPS) is 16.9. The van der Waals surface area contributed by atoms with Gasteiger partial charge < -0.3 is 5.32 Å². The van der Waals surface area contributed by atoms with E-state index >= 15 is 0 Å². The first-order valence-corrected chi connectivity index (χ1v) is 6.43. The zero-order valence-corrected chi connectivity index (χ0v) is 10.8. The van der Waals surface area contributed by atoms with Crippen LogP contribution in [0.3, 0.4) is 0 Å². The maximum Gasteiger partial charge on any atom is 0.321 e. The number of amides is 3. The van der Waals surface area contributed by atoms with Crippen LogP contribution >= 0.6 is 0 Å². The highest BCUT2D eigenvalue weighted by Gasteiger charge is 2.22. The number of carbonyl (C=O) groups excluding carboxylic acids is 2. The highest BCUT2D eigenvalue weighted by Crippen LogP contribution is 2.22. The SMILES string of the molecule is CCN(CC(=O)NC(=O)NC)C1CCCCC1. The molecule has 5 heteroatoms. The Morgan fingerprint density at radius 2 is 1.88 bits per heavy atom. The summed E-state index contributed by atoms with van der Waals surface area (Å²) in [6, 6.07) is 0.0684. The van der Waals surface area contributed by atoms with Gasteiger partial charge in [-0.2, -0.15) is 0 Å². The van der Waals surface area contributed by atoms with Crippen LogP contribution in [0.4, 0.5) is 4.79 Å². The number of urea groups is 1. The molecule has 2 N–H and O–H groups in total. The van der Waals surface area contributed by atoms with Gasteiger partial charge in [-0.3, -0.25) is 15.0 Å². The van der Waals surface area contributed by atoms with Crippen LogP contribution in [-0.4, -0.2) is 43.0 Å². The Kier molecular flexibility index (Phi) is 5.97. The molecule has 0 heterocycles. The lowest BCUT2D eigenvalue weighted by atomic mass is 9.94. The second-order valence-electron chi connectivity index (χ2n) is 4.48. The van der Waals surface area contributed by atoms with E-state index in [9.17, 15) is 9.59 Å². The van der Waals surface area contributed by atoms with E-state index in [-0.39, 0.29) is 5.91 Å². The minimum atomic E-state index is -0.435. The predicted molar refractivity (Wildman–Crippen MR) is 66.7 cm³/mol. The quantitative estimate of drug-likeness (QED) is 0.774. The van der Waals surface area contributed by atoms with Gasteiger partial charge in [-0.15, -0.1) is 0 Å². The minimum absolute atomic E-state index is 0.225. The molecule has 98 valence electrons. The molecular weight excluding hydrogens is 218 g/mol. The molecule has 0 aromatic heterocycles. The van der Waals surface area contributed by atoms with Crippen molar-refractivity contribution in [3.63, 3.8) is 0 Å². The number of imide groups is 1. The average Bonchev–Trinajstić information content (AvgIpc) is 2.36. The largest absolute Gasteiger partial charge is 0.341 e. The molecule has 0 aromatic carbocycles. The van der Waals surface area contributed by atoms with Crippen LogP contribution in [0.5, 0.6) is 0 Å². The number of rotatable bonds is 4. The summed E-state index contributed by atoms with van der Waals surface area (Å²) in [4.78, 5) is 24.8. The van der Waals surface area contributed by atoms with Gasteiger partial charge in [0.1, 0.15) is 0 Å². The fraction of sp³-hybridized carbons (Fsp3) is 0.833. The van der Waals surface area contributed by atoms with Crippen molar-refractivity contribution in [3.8, 4) is 0 Å². The zero-order valence-electron chi connectivity index (χ0n) is 10.8. The molecule has 0 radical (unpaired) electrons. The van der Waals surface area contributed by atoms with Crippen molar-refractivity contribution in [2.45, 2.75) is 45.1 Å². The molecule has 5 nitrogen and oxygen atoms in total. The standard InChI is InChI=1S/C12H23N3O2/c1-3-15(10-7-5-4-6-8-10)9-11(16)14-12(17)13-2/h10H,3-9H2,1-2H3,(H2,13,14,16,17). The Morgan fingerprint density at radius 1 is 1.24 bits per heavy atom. The number of likely N-dealkylation sites (N-methyl/N-ethyl adjacent to an activating group) is 1. The second kappa shape index (κ2) is 7.27. The third kappa shape index (κ3) is 4.73. The molecule has 0 bridgehead atoms. The van der Waals surface area contributed by atoms with Gasteiger partial charge >= 0.3 is 6.03 Å². The average molecular weight is 241 g/mol. The maximum absolute atomic E-state index is 11.6. The first-order chi connectivity index (χ1) is 8.17. The van der Waals surface area contributed by atoms with Gasteiger partial charge in [-0.25, -0.2) is 4.79 Å². The van der Waals surface area contributed by atoms with Crippen molar-refractivity contribution in [3.05, 3.63) is 0 Å². The number of nitrogens with one attached hydrogen (secondary N) is 2. The van der Waals surface area contributed by atoms with Crippen molar-refractivity contribution in [1.82, 2.24) is 15.5 Å².